The van der Waals surface area contributed by atoms with Crippen molar-refractivity contribution < 1.29 is 4.42 Å². The maximum Gasteiger partial charge on any atom is 0.145 e. The first kappa shape index (κ1) is 19.4. The maximum atomic E-state index is 6.40. The molecule has 0 saturated heterocycles. The van der Waals surface area contributed by atoms with Crippen LogP contribution in [0.4, 0.5) is 0 Å². The summed E-state index contributed by atoms with van der Waals surface area (Å²) < 4.78 is 8.71. The zero-order chi connectivity index (χ0) is 22.4. The van der Waals surface area contributed by atoms with Crippen LogP contribution in [0, 0.1) is 0 Å². The molecule has 0 fully saturated rings. The predicted molar refractivity (Wildman–Crippen MR) is 141 cm³/mol. The summed E-state index contributed by atoms with van der Waals surface area (Å²) >= 11 is 0. The summed E-state index contributed by atoms with van der Waals surface area (Å²) in [5.74, 6) is 0. The lowest BCUT2D eigenvalue weighted by molar-refractivity contribution is 0.672. The third kappa shape index (κ3) is 2.95. The SMILES string of the molecule is C=Cc1c(C=CC)n(-c2cccc(-c3ccccc3)c2)c2ccc3c4ccccc4oc3c12. The smallest absolute Gasteiger partial charge is 0.145 e. The Hall–Kier alpha value is -4.30. The van der Waals surface area contributed by atoms with Gasteiger partial charge in [-0.05, 0) is 54.5 Å². The Bertz CT molecular complexity index is 1680. The first-order valence-electron chi connectivity index (χ1n) is 11.2. The summed E-state index contributed by atoms with van der Waals surface area (Å²) in [6.07, 6.45) is 6.18. The molecule has 2 aromatic heterocycles. The highest BCUT2D eigenvalue weighted by atomic mass is 16.3. The van der Waals surface area contributed by atoms with Crippen LogP contribution in [0.3, 0.4) is 0 Å². The van der Waals surface area contributed by atoms with Crippen LogP contribution in [0.1, 0.15) is 18.2 Å². The molecule has 6 aromatic rings. The molecule has 0 aliphatic carbocycles. The Labute approximate surface area is 192 Å². The van der Waals surface area contributed by atoms with Crippen LogP contribution in [-0.2, 0) is 0 Å². The molecular weight excluding hydrogens is 402 g/mol. The van der Waals surface area contributed by atoms with Gasteiger partial charge in [-0.25, -0.2) is 0 Å². The van der Waals surface area contributed by atoms with Crippen molar-refractivity contribution in [2.75, 3.05) is 0 Å². The number of para-hydroxylation sites is 1. The van der Waals surface area contributed by atoms with Crippen LogP contribution >= 0.6 is 0 Å². The lowest BCUT2D eigenvalue weighted by atomic mass is 10.1. The number of furan rings is 1. The summed E-state index contributed by atoms with van der Waals surface area (Å²) in [6.45, 7) is 6.22. The van der Waals surface area contributed by atoms with Crippen molar-refractivity contribution in [2.45, 2.75) is 6.92 Å². The van der Waals surface area contributed by atoms with Crippen LogP contribution < -0.4 is 0 Å². The second kappa shape index (κ2) is 7.68. The number of nitrogens with zero attached hydrogens (tertiary/aromatic N) is 1. The Morgan fingerprint density at radius 2 is 1.58 bits per heavy atom. The highest BCUT2D eigenvalue weighted by Gasteiger charge is 2.20. The molecule has 0 bridgehead atoms. The fourth-order valence-corrected chi connectivity index (χ4v) is 4.87. The van der Waals surface area contributed by atoms with E-state index < -0.39 is 0 Å². The zero-order valence-corrected chi connectivity index (χ0v) is 18.5. The second-order valence-electron chi connectivity index (χ2n) is 8.19. The van der Waals surface area contributed by atoms with E-state index in [1.165, 1.54) is 11.1 Å². The molecular formula is C31H23NO. The zero-order valence-electron chi connectivity index (χ0n) is 18.5. The fraction of sp³-hybridized carbons (Fsp3) is 0.0323. The summed E-state index contributed by atoms with van der Waals surface area (Å²) in [7, 11) is 0. The van der Waals surface area contributed by atoms with Gasteiger partial charge in [0.05, 0.1) is 16.6 Å². The highest BCUT2D eigenvalue weighted by Crippen LogP contribution is 2.40. The fourth-order valence-electron chi connectivity index (χ4n) is 4.87. The van der Waals surface area contributed by atoms with Gasteiger partial charge in [-0.1, -0.05) is 79.4 Å². The summed E-state index contributed by atoms with van der Waals surface area (Å²) in [5.41, 5.74) is 8.60. The largest absolute Gasteiger partial charge is 0.455 e. The van der Waals surface area contributed by atoms with Crippen molar-refractivity contribution in [1.82, 2.24) is 4.57 Å². The molecule has 0 unspecified atom stereocenters. The predicted octanol–water partition coefficient (Wildman–Crippen LogP) is 8.87. The quantitative estimate of drug-likeness (QED) is 0.276. The van der Waals surface area contributed by atoms with Crippen molar-refractivity contribution in [2.24, 2.45) is 0 Å². The van der Waals surface area contributed by atoms with Gasteiger partial charge in [-0.2, -0.15) is 0 Å². The molecule has 6 rings (SSSR count). The van der Waals surface area contributed by atoms with E-state index in [4.69, 9.17) is 4.42 Å². The van der Waals surface area contributed by atoms with E-state index in [2.05, 4.69) is 96.1 Å². The number of allylic oxidation sites excluding steroid dienone is 1. The minimum atomic E-state index is 0.904. The molecule has 0 aliphatic rings. The lowest BCUT2D eigenvalue weighted by Crippen LogP contribution is -1.97. The number of rotatable bonds is 4. The van der Waals surface area contributed by atoms with Crippen molar-refractivity contribution >= 4 is 45.0 Å². The van der Waals surface area contributed by atoms with Gasteiger partial charge in [-0.15, -0.1) is 0 Å². The van der Waals surface area contributed by atoms with E-state index in [0.717, 1.165) is 49.8 Å². The molecule has 33 heavy (non-hydrogen) atoms. The van der Waals surface area contributed by atoms with Gasteiger partial charge >= 0.3 is 0 Å². The van der Waals surface area contributed by atoms with Gasteiger partial charge in [0.1, 0.15) is 11.2 Å². The summed E-state index contributed by atoms with van der Waals surface area (Å²) in [4.78, 5) is 0. The molecule has 0 N–H and O–H groups in total. The van der Waals surface area contributed by atoms with Crippen molar-refractivity contribution in [3.63, 3.8) is 0 Å². The van der Waals surface area contributed by atoms with Gasteiger partial charge in [0.15, 0.2) is 0 Å². The minimum Gasteiger partial charge on any atom is -0.455 e. The standard InChI is InChI=1S/C31H23NO/c1-3-11-27-24(4-2)30-28(19-18-26-25-16-8-9-17-29(25)33-31(26)30)32(27)23-15-10-14-22(20-23)21-12-6-5-7-13-21/h3-20H,2H2,1H3. The molecule has 0 radical (unpaired) electrons. The molecule has 158 valence electrons. The molecule has 2 nitrogen and oxygen atoms in total. The van der Waals surface area contributed by atoms with E-state index in [9.17, 15) is 0 Å². The van der Waals surface area contributed by atoms with E-state index in [-0.39, 0.29) is 0 Å². The highest BCUT2D eigenvalue weighted by molar-refractivity contribution is 6.17. The Morgan fingerprint density at radius 3 is 2.39 bits per heavy atom. The Morgan fingerprint density at radius 1 is 0.788 bits per heavy atom. The van der Waals surface area contributed by atoms with Crippen LogP contribution in [0.5, 0.6) is 0 Å². The maximum absolute atomic E-state index is 6.40. The number of fused-ring (bicyclic) bond motifs is 5. The van der Waals surface area contributed by atoms with Crippen LogP contribution in [0.2, 0.25) is 0 Å². The van der Waals surface area contributed by atoms with Gasteiger partial charge in [0.25, 0.3) is 0 Å². The topological polar surface area (TPSA) is 18.1 Å². The Balaban J connectivity index is 1.71. The molecule has 0 saturated carbocycles. The average molecular weight is 426 g/mol. The average Bonchev–Trinajstić information content (AvgIpc) is 3.40. The third-order valence-electron chi connectivity index (χ3n) is 6.29. The molecule has 0 spiro atoms. The van der Waals surface area contributed by atoms with Crippen molar-refractivity contribution in [1.29, 1.82) is 0 Å². The lowest BCUT2D eigenvalue weighted by Gasteiger charge is -2.11. The van der Waals surface area contributed by atoms with E-state index in [1.54, 1.807) is 0 Å². The molecule has 0 amide bonds. The van der Waals surface area contributed by atoms with Crippen molar-refractivity contribution in [3.8, 4) is 16.8 Å². The first-order chi connectivity index (χ1) is 16.3. The van der Waals surface area contributed by atoms with E-state index >= 15 is 0 Å². The third-order valence-corrected chi connectivity index (χ3v) is 6.29. The summed E-state index contributed by atoms with van der Waals surface area (Å²) in [5, 5.41) is 3.36. The second-order valence-corrected chi connectivity index (χ2v) is 8.19. The Kier molecular flexibility index (Phi) is 4.51. The van der Waals surface area contributed by atoms with Gasteiger partial charge in [0.2, 0.25) is 0 Å². The van der Waals surface area contributed by atoms with E-state index in [1.807, 2.05) is 31.2 Å². The minimum absolute atomic E-state index is 0.904. The van der Waals surface area contributed by atoms with Crippen LogP contribution in [-0.4, -0.2) is 4.57 Å². The van der Waals surface area contributed by atoms with Crippen LogP contribution in [0.15, 0.2) is 108 Å². The van der Waals surface area contributed by atoms with Gasteiger partial charge in [0, 0.05) is 22.0 Å². The molecule has 0 atom stereocenters. The van der Waals surface area contributed by atoms with Crippen molar-refractivity contribution in [3.05, 3.63) is 115 Å². The van der Waals surface area contributed by atoms with Gasteiger partial charge < -0.3 is 8.98 Å². The monoisotopic (exact) mass is 425 g/mol. The van der Waals surface area contributed by atoms with Crippen LogP contribution in [0.25, 0.3) is 61.8 Å². The molecule has 2 heterocycles. The number of aromatic nitrogens is 1. The summed E-state index contributed by atoms with van der Waals surface area (Å²) in [6, 6.07) is 31.8. The first-order valence-corrected chi connectivity index (χ1v) is 11.2. The molecule has 2 heteroatoms. The normalized spacial score (nSPS) is 11.8. The molecule has 4 aromatic carbocycles. The molecule has 0 aliphatic heterocycles. The number of hydrogen-bond acceptors (Lipinski definition) is 1. The van der Waals surface area contributed by atoms with Gasteiger partial charge in [-0.3, -0.25) is 0 Å². The number of benzene rings is 4. The number of hydrogen-bond donors (Lipinski definition) is 0. The van der Waals surface area contributed by atoms with E-state index in [0.29, 0.717) is 0 Å².